The summed E-state index contributed by atoms with van der Waals surface area (Å²) in [6.07, 6.45) is 2.45. The Kier molecular flexibility index (Phi) is 4.34. The fourth-order valence-corrected chi connectivity index (χ4v) is 4.38. The van der Waals surface area contributed by atoms with Gasteiger partial charge in [0.15, 0.2) is 5.54 Å². The van der Waals surface area contributed by atoms with Crippen LogP contribution in [0, 0.1) is 5.41 Å². The van der Waals surface area contributed by atoms with Crippen molar-refractivity contribution >= 4 is 11.7 Å². The standard InChI is InChI=1S/C24H29N3O3/c1-23(2,3)14-28-17-7-9-21-19(13-17)24(15-29-22(25)26-24)18-12-16(6-8-20(18)30-21)27-10-4-5-11-27/h6-9,12-13H,4-5,10-11,14-15H2,1-3H3,(H2,25,26). The van der Waals surface area contributed by atoms with Gasteiger partial charge in [-0.25, -0.2) is 4.99 Å². The predicted octanol–water partition coefficient (Wildman–Crippen LogP) is 4.41. The molecule has 3 aliphatic rings. The SMILES string of the molecule is CC(C)(C)COc1ccc2c(c1)C1(COC(N)=N1)c1cc(N3CCCC3)ccc1O2. The van der Waals surface area contributed by atoms with Gasteiger partial charge in [0.1, 0.15) is 23.9 Å². The molecule has 0 saturated carbocycles. The van der Waals surface area contributed by atoms with Crippen LogP contribution in [0.1, 0.15) is 44.7 Å². The van der Waals surface area contributed by atoms with E-state index in [0.717, 1.165) is 41.5 Å². The number of hydrogen-bond acceptors (Lipinski definition) is 6. The van der Waals surface area contributed by atoms with Crippen LogP contribution in [0.25, 0.3) is 0 Å². The maximum absolute atomic E-state index is 6.28. The van der Waals surface area contributed by atoms with Gasteiger partial charge >= 0.3 is 0 Å². The van der Waals surface area contributed by atoms with E-state index in [4.69, 9.17) is 24.9 Å². The molecule has 3 aliphatic heterocycles. The van der Waals surface area contributed by atoms with Crippen molar-refractivity contribution < 1.29 is 14.2 Å². The molecule has 30 heavy (non-hydrogen) atoms. The summed E-state index contributed by atoms with van der Waals surface area (Å²) in [5, 5.41) is 0. The maximum atomic E-state index is 6.28. The average molecular weight is 408 g/mol. The lowest BCUT2D eigenvalue weighted by Crippen LogP contribution is -2.31. The Labute approximate surface area is 177 Å². The first kappa shape index (κ1) is 19.1. The summed E-state index contributed by atoms with van der Waals surface area (Å²) in [6, 6.07) is 12.5. The third kappa shape index (κ3) is 3.24. The third-order valence-electron chi connectivity index (χ3n) is 5.90. The van der Waals surface area contributed by atoms with E-state index in [1.165, 1.54) is 18.5 Å². The van der Waals surface area contributed by atoms with Gasteiger partial charge in [0, 0.05) is 29.9 Å². The van der Waals surface area contributed by atoms with Crippen molar-refractivity contribution in [2.75, 3.05) is 31.2 Å². The number of rotatable bonds is 3. The summed E-state index contributed by atoms with van der Waals surface area (Å²) in [5.74, 6) is 2.36. The van der Waals surface area contributed by atoms with Crippen LogP contribution in [0.3, 0.4) is 0 Å². The second kappa shape index (κ2) is 6.83. The van der Waals surface area contributed by atoms with Gasteiger partial charge < -0.3 is 24.8 Å². The van der Waals surface area contributed by atoms with Crippen LogP contribution < -0.4 is 20.1 Å². The summed E-state index contributed by atoms with van der Waals surface area (Å²) in [4.78, 5) is 7.21. The van der Waals surface area contributed by atoms with Crippen molar-refractivity contribution in [3.63, 3.8) is 0 Å². The molecule has 0 aliphatic carbocycles. The number of fused-ring (bicyclic) bond motifs is 4. The van der Waals surface area contributed by atoms with Gasteiger partial charge in [0.2, 0.25) is 0 Å². The average Bonchev–Trinajstić information content (AvgIpc) is 3.37. The van der Waals surface area contributed by atoms with E-state index in [0.29, 0.717) is 13.2 Å². The molecule has 0 aromatic heterocycles. The minimum absolute atomic E-state index is 0.0698. The highest BCUT2D eigenvalue weighted by molar-refractivity contribution is 5.77. The van der Waals surface area contributed by atoms with Crippen molar-refractivity contribution in [3.8, 4) is 17.2 Å². The molecule has 1 atom stereocenters. The molecule has 2 N–H and O–H groups in total. The molecule has 1 unspecified atom stereocenters. The number of anilines is 1. The number of nitrogens with zero attached hydrogens (tertiary/aromatic N) is 2. The largest absolute Gasteiger partial charge is 0.493 e. The number of amidine groups is 1. The summed E-state index contributed by atoms with van der Waals surface area (Å²) >= 11 is 0. The monoisotopic (exact) mass is 407 g/mol. The molecule has 1 fully saturated rings. The van der Waals surface area contributed by atoms with Crippen LogP contribution in [0.15, 0.2) is 41.4 Å². The van der Waals surface area contributed by atoms with E-state index in [1.807, 2.05) is 24.3 Å². The summed E-state index contributed by atoms with van der Waals surface area (Å²) in [7, 11) is 0. The Hall–Kier alpha value is -2.89. The predicted molar refractivity (Wildman–Crippen MR) is 118 cm³/mol. The number of hydrogen-bond donors (Lipinski definition) is 1. The van der Waals surface area contributed by atoms with Gasteiger partial charge in [0.05, 0.1) is 6.61 Å². The molecular weight excluding hydrogens is 378 g/mol. The third-order valence-corrected chi connectivity index (χ3v) is 5.90. The molecule has 1 spiro atoms. The maximum Gasteiger partial charge on any atom is 0.283 e. The Balaban J connectivity index is 1.59. The normalized spacial score (nSPS) is 22.2. The number of aliphatic imine (C=N–C) groups is 1. The molecule has 0 amide bonds. The molecule has 2 aromatic carbocycles. The van der Waals surface area contributed by atoms with Gasteiger partial charge in [-0.05, 0) is 54.7 Å². The first-order valence-electron chi connectivity index (χ1n) is 10.7. The van der Waals surface area contributed by atoms with E-state index in [1.54, 1.807) is 0 Å². The van der Waals surface area contributed by atoms with Crippen LogP contribution in [-0.2, 0) is 10.3 Å². The van der Waals surface area contributed by atoms with E-state index in [9.17, 15) is 0 Å². The zero-order chi connectivity index (χ0) is 20.9. The molecular formula is C24H29N3O3. The molecule has 1 saturated heterocycles. The lowest BCUT2D eigenvalue weighted by Gasteiger charge is -2.34. The van der Waals surface area contributed by atoms with Gasteiger partial charge in [0.25, 0.3) is 6.02 Å². The quantitative estimate of drug-likeness (QED) is 0.816. The van der Waals surface area contributed by atoms with Crippen LogP contribution in [-0.4, -0.2) is 32.3 Å². The van der Waals surface area contributed by atoms with Crippen molar-refractivity contribution in [2.24, 2.45) is 16.1 Å². The van der Waals surface area contributed by atoms with E-state index in [-0.39, 0.29) is 11.4 Å². The minimum atomic E-state index is -0.718. The molecule has 0 radical (unpaired) electrons. The first-order chi connectivity index (χ1) is 14.3. The minimum Gasteiger partial charge on any atom is -0.493 e. The molecule has 0 bridgehead atoms. The number of ether oxygens (including phenoxy) is 3. The van der Waals surface area contributed by atoms with Crippen LogP contribution in [0.2, 0.25) is 0 Å². The zero-order valence-corrected chi connectivity index (χ0v) is 17.9. The zero-order valence-electron chi connectivity index (χ0n) is 17.9. The van der Waals surface area contributed by atoms with E-state index >= 15 is 0 Å². The molecule has 158 valence electrons. The van der Waals surface area contributed by atoms with E-state index < -0.39 is 5.54 Å². The molecule has 6 heteroatoms. The Morgan fingerprint density at radius 1 is 1.07 bits per heavy atom. The number of nitrogens with two attached hydrogens (primary N) is 1. The fraction of sp³-hybridized carbons (Fsp3) is 0.458. The number of benzene rings is 2. The smallest absolute Gasteiger partial charge is 0.283 e. The van der Waals surface area contributed by atoms with Crippen LogP contribution in [0.4, 0.5) is 5.69 Å². The van der Waals surface area contributed by atoms with Gasteiger partial charge in [-0.2, -0.15) is 0 Å². The van der Waals surface area contributed by atoms with Crippen LogP contribution >= 0.6 is 0 Å². The highest BCUT2D eigenvalue weighted by Crippen LogP contribution is 2.52. The van der Waals surface area contributed by atoms with Crippen molar-refractivity contribution in [1.29, 1.82) is 0 Å². The van der Waals surface area contributed by atoms with Crippen molar-refractivity contribution in [1.82, 2.24) is 0 Å². The topological polar surface area (TPSA) is 69.3 Å². The second-order valence-electron chi connectivity index (χ2n) is 9.58. The summed E-state index contributed by atoms with van der Waals surface area (Å²) < 4.78 is 18.0. The highest BCUT2D eigenvalue weighted by Gasteiger charge is 2.47. The van der Waals surface area contributed by atoms with Gasteiger partial charge in [-0.1, -0.05) is 20.8 Å². The lowest BCUT2D eigenvalue weighted by molar-refractivity contribution is 0.197. The Morgan fingerprint density at radius 3 is 2.43 bits per heavy atom. The molecule has 2 aromatic rings. The summed E-state index contributed by atoms with van der Waals surface area (Å²) in [5.41, 5.74) is 8.48. The van der Waals surface area contributed by atoms with Gasteiger partial charge in [-0.3, -0.25) is 0 Å². The van der Waals surface area contributed by atoms with Crippen molar-refractivity contribution in [2.45, 2.75) is 39.2 Å². The summed E-state index contributed by atoms with van der Waals surface area (Å²) in [6.45, 7) is 9.60. The molecule has 6 nitrogen and oxygen atoms in total. The molecule has 3 heterocycles. The second-order valence-corrected chi connectivity index (χ2v) is 9.58. The van der Waals surface area contributed by atoms with Crippen LogP contribution in [0.5, 0.6) is 17.2 Å². The fourth-order valence-electron chi connectivity index (χ4n) is 4.38. The Morgan fingerprint density at radius 2 is 1.77 bits per heavy atom. The highest BCUT2D eigenvalue weighted by atomic mass is 16.5. The van der Waals surface area contributed by atoms with Gasteiger partial charge in [-0.15, -0.1) is 0 Å². The Bertz CT molecular complexity index is 1010. The first-order valence-corrected chi connectivity index (χ1v) is 10.7. The van der Waals surface area contributed by atoms with E-state index in [2.05, 4.69) is 37.8 Å². The molecule has 5 rings (SSSR count). The lowest BCUT2D eigenvalue weighted by atomic mass is 9.81. The van der Waals surface area contributed by atoms with Crippen molar-refractivity contribution in [3.05, 3.63) is 47.5 Å².